The molecule has 0 aliphatic rings. The van der Waals surface area contributed by atoms with E-state index in [0.717, 1.165) is 32.4 Å². The number of rotatable bonds is 6. The van der Waals surface area contributed by atoms with Crippen molar-refractivity contribution in [1.82, 2.24) is 9.97 Å². The van der Waals surface area contributed by atoms with Gasteiger partial charge in [0.2, 0.25) is 5.95 Å². The maximum Gasteiger partial charge on any atom is 0.222 e. The van der Waals surface area contributed by atoms with Gasteiger partial charge < -0.3 is 9.72 Å². The Balaban J connectivity index is 1.38. The highest BCUT2D eigenvalue weighted by molar-refractivity contribution is 9.10. The van der Waals surface area contributed by atoms with E-state index < -0.39 is 0 Å². The molecule has 4 aromatic rings. The molecule has 27 heavy (non-hydrogen) atoms. The summed E-state index contributed by atoms with van der Waals surface area (Å²) in [6.07, 6.45) is 1.74. The number of hydrazone groups is 1. The summed E-state index contributed by atoms with van der Waals surface area (Å²) in [5.41, 5.74) is 6.85. The first kappa shape index (κ1) is 17.3. The number of halogens is 1. The van der Waals surface area contributed by atoms with Gasteiger partial charge in [-0.05, 0) is 47.5 Å². The second-order valence-corrected chi connectivity index (χ2v) is 6.88. The number of hydrogen-bond acceptors (Lipinski definition) is 4. The Kier molecular flexibility index (Phi) is 5.16. The molecule has 0 amide bonds. The van der Waals surface area contributed by atoms with E-state index in [4.69, 9.17) is 4.74 Å². The summed E-state index contributed by atoms with van der Waals surface area (Å²) in [5, 5.41) is 4.25. The zero-order chi connectivity index (χ0) is 18.5. The van der Waals surface area contributed by atoms with Gasteiger partial charge in [-0.2, -0.15) is 5.10 Å². The van der Waals surface area contributed by atoms with Crippen LogP contribution in [0.5, 0.6) is 5.75 Å². The number of anilines is 1. The van der Waals surface area contributed by atoms with E-state index in [9.17, 15) is 0 Å². The molecule has 0 atom stereocenters. The standard InChI is InChI=1S/C21H17BrN4O/c22-17-10-8-15(9-11-17)14-27-18-5-3-4-16(12-18)13-23-26-21-24-19-6-1-2-7-20(19)25-21/h1-13H,14H2,(H2,24,25,26)/b23-13-. The zero-order valence-corrected chi connectivity index (χ0v) is 16.0. The predicted octanol–water partition coefficient (Wildman–Crippen LogP) is 5.35. The second-order valence-electron chi connectivity index (χ2n) is 5.96. The monoisotopic (exact) mass is 420 g/mol. The van der Waals surface area contributed by atoms with Gasteiger partial charge in [-0.25, -0.2) is 10.4 Å². The zero-order valence-electron chi connectivity index (χ0n) is 14.4. The first-order valence-electron chi connectivity index (χ1n) is 8.47. The Morgan fingerprint density at radius 2 is 1.89 bits per heavy atom. The molecule has 0 saturated carbocycles. The lowest BCUT2D eigenvalue weighted by atomic mass is 10.2. The van der Waals surface area contributed by atoms with Crippen molar-refractivity contribution < 1.29 is 4.74 Å². The fraction of sp³-hybridized carbons (Fsp3) is 0.0476. The summed E-state index contributed by atoms with van der Waals surface area (Å²) in [5.74, 6) is 1.40. The summed E-state index contributed by atoms with van der Waals surface area (Å²) in [4.78, 5) is 7.59. The maximum atomic E-state index is 5.86. The Bertz CT molecular complexity index is 1040. The summed E-state index contributed by atoms with van der Waals surface area (Å²) in [6.45, 7) is 0.519. The van der Waals surface area contributed by atoms with E-state index >= 15 is 0 Å². The van der Waals surface area contributed by atoms with Gasteiger partial charge in [-0.15, -0.1) is 0 Å². The molecule has 134 valence electrons. The smallest absolute Gasteiger partial charge is 0.222 e. The molecule has 1 heterocycles. The molecule has 2 N–H and O–H groups in total. The van der Waals surface area contributed by atoms with Crippen molar-refractivity contribution in [3.63, 3.8) is 0 Å². The number of benzene rings is 3. The van der Waals surface area contributed by atoms with Crippen LogP contribution in [0.3, 0.4) is 0 Å². The van der Waals surface area contributed by atoms with Crippen molar-refractivity contribution in [1.29, 1.82) is 0 Å². The lowest BCUT2D eigenvalue weighted by molar-refractivity contribution is 0.306. The van der Waals surface area contributed by atoms with E-state index in [-0.39, 0.29) is 0 Å². The highest BCUT2D eigenvalue weighted by atomic mass is 79.9. The van der Waals surface area contributed by atoms with Crippen molar-refractivity contribution in [2.24, 2.45) is 5.10 Å². The second kappa shape index (κ2) is 8.05. The Labute approximate surface area is 165 Å². The van der Waals surface area contributed by atoms with Crippen LogP contribution >= 0.6 is 15.9 Å². The van der Waals surface area contributed by atoms with Gasteiger partial charge in [-0.1, -0.05) is 52.3 Å². The summed E-state index contributed by atoms with van der Waals surface area (Å²) < 4.78 is 6.92. The molecule has 0 spiro atoms. The van der Waals surface area contributed by atoms with Crippen molar-refractivity contribution >= 4 is 39.1 Å². The van der Waals surface area contributed by atoms with Gasteiger partial charge in [0.15, 0.2) is 0 Å². The molecule has 0 bridgehead atoms. The van der Waals surface area contributed by atoms with Crippen LogP contribution < -0.4 is 10.2 Å². The minimum absolute atomic E-state index is 0.519. The molecule has 6 heteroatoms. The maximum absolute atomic E-state index is 5.86. The van der Waals surface area contributed by atoms with Gasteiger partial charge in [0, 0.05) is 4.47 Å². The largest absolute Gasteiger partial charge is 0.489 e. The highest BCUT2D eigenvalue weighted by Gasteiger charge is 2.00. The van der Waals surface area contributed by atoms with Crippen LogP contribution in [0, 0.1) is 0 Å². The Hall–Kier alpha value is -3.12. The van der Waals surface area contributed by atoms with E-state index in [2.05, 4.69) is 36.4 Å². The Morgan fingerprint density at radius 3 is 2.74 bits per heavy atom. The third-order valence-corrected chi connectivity index (χ3v) is 4.48. The fourth-order valence-corrected chi connectivity index (χ4v) is 2.87. The van der Waals surface area contributed by atoms with Gasteiger partial charge in [0.1, 0.15) is 12.4 Å². The highest BCUT2D eigenvalue weighted by Crippen LogP contribution is 2.16. The number of aromatic nitrogens is 2. The number of para-hydroxylation sites is 2. The van der Waals surface area contributed by atoms with Crippen molar-refractivity contribution in [3.8, 4) is 5.75 Å². The number of ether oxygens (including phenoxy) is 1. The molecule has 1 aromatic heterocycles. The molecule has 0 unspecified atom stereocenters. The van der Waals surface area contributed by atoms with Gasteiger partial charge >= 0.3 is 0 Å². The number of fused-ring (bicyclic) bond motifs is 1. The topological polar surface area (TPSA) is 62.3 Å². The third-order valence-electron chi connectivity index (χ3n) is 3.95. The van der Waals surface area contributed by atoms with Crippen molar-refractivity contribution in [3.05, 3.63) is 88.4 Å². The molecule has 0 aliphatic carbocycles. The minimum atomic E-state index is 0.519. The molecular formula is C21H17BrN4O. The van der Waals surface area contributed by atoms with E-state index in [1.54, 1.807) is 6.21 Å². The Morgan fingerprint density at radius 1 is 1.04 bits per heavy atom. The van der Waals surface area contributed by atoms with E-state index in [1.165, 1.54) is 0 Å². The molecule has 0 saturated heterocycles. The van der Waals surface area contributed by atoms with Crippen LogP contribution in [0.1, 0.15) is 11.1 Å². The van der Waals surface area contributed by atoms with Crippen molar-refractivity contribution in [2.75, 3.05) is 5.43 Å². The molecule has 5 nitrogen and oxygen atoms in total. The lowest BCUT2D eigenvalue weighted by Gasteiger charge is -2.07. The first-order valence-corrected chi connectivity index (χ1v) is 9.27. The molecule has 0 fully saturated rings. The van der Waals surface area contributed by atoms with Crippen LogP contribution in [-0.2, 0) is 6.61 Å². The number of imidazole rings is 1. The van der Waals surface area contributed by atoms with Gasteiger partial charge in [-0.3, -0.25) is 0 Å². The van der Waals surface area contributed by atoms with Crippen molar-refractivity contribution in [2.45, 2.75) is 6.61 Å². The normalized spacial score (nSPS) is 11.1. The van der Waals surface area contributed by atoms with Crippen LogP contribution in [0.2, 0.25) is 0 Å². The molecule has 0 radical (unpaired) electrons. The number of H-pyrrole nitrogens is 1. The predicted molar refractivity (Wildman–Crippen MR) is 112 cm³/mol. The lowest BCUT2D eigenvalue weighted by Crippen LogP contribution is -1.96. The average molecular weight is 421 g/mol. The minimum Gasteiger partial charge on any atom is -0.489 e. The number of nitrogens with one attached hydrogen (secondary N) is 2. The van der Waals surface area contributed by atoms with Crippen LogP contribution in [0.4, 0.5) is 5.95 Å². The van der Waals surface area contributed by atoms with Gasteiger partial charge in [0.05, 0.1) is 17.2 Å². The fourth-order valence-electron chi connectivity index (χ4n) is 2.61. The number of nitrogens with zero attached hydrogens (tertiary/aromatic N) is 2. The number of aromatic amines is 1. The molecule has 0 aliphatic heterocycles. The summed E-state index contributed by atoms with van der Waals surface area (Å²) >= 11 is 3.43. The first-order chi connectivity index (χ1) is 13.3. The number of hydrogen-bond donors (Lipinski definition) is 2. The summed E-state index contributed by atoms with van der Waals surface area (Å²) in [6, 6.07) is 23.7. The van der Waals surface area contributed by atoms with Crippen LogP contribution in [-0.4, -0.2) is 16.2 Å². The summed E-state index contributed by atoms with van der Waals surface area (Å²) in [7, 11) is 0. The average Bonchev–Trinajstić information content (AvgIpc) is 3.11. The van der Waals surface area contributed by atoms with E-state index in [1.807, 2.05) is 72.8 Å². The molecule has 3 aromatic carbocycles. The third kappa shape index (κ3) is 4.54. The SMILES string of the molecule is Brc1ccc(COc2cccc(/C=N\Nc3nc4ccccc4[nH]3)c2)cc1. The van der Waals surface area contributed by atoms with E-state index in [0.29, 0.717) is 12.6 Å². The molecule has 4 rings (SSSR count). The molecular weight excluding hydrogens is 404 g/mol. The van der Waals surface area contributed by atoms with Crippen LogP contribution in [0.15, 0.2) is 82.4 Å². The quantitative estimate of drug-likeness (QED) is 0.326. The van der Waals surface area contributed by atoms with Crippen LogP contribution in [0.25, 0.3) is 11.0 Å². The van der Waals surface area contributed by atoms with Gasteiger partial charge in [0.25, 0.3) is 0 Å².